The molecule has 0 radical (unpaired) electrons. The fourth-order valence-corrected chi connectivity index (χ4v) is 4.66. The number of halogens is 1. The van der Waals surface area contributed by atoms with E-state index in [1.807, 2.05) is 0 Å². The molecule has 2 aliphatic rings. The molecule has 2 bridgehead atoms. The summed E-state index contributed by atoms with van der Waals surface area (Å²) in [6.45, 7) is 6.35. The minimum atomic E-state index is 0. The number of amides is 1. The molecule has 24 heavy (non-hydrogen) atoms. The van der Waals surface area contributed by atoms with Gasteiger partial charge in [0.05, 0.1) is 6.04 Å². The van der Waals surface area contributed by atoms with Crippen LogP contribution in [0.5, 0.6) is 0 Å². The van der Waals surface area contributed by atoms with Crippen LogP contribution in [0.1, 0.15) is 61.8 Å². The van der Waals surface area contributed by atoms with Gasteiger partial charge in [0.1, 0.15) is 0 Å². The molecule has 3 unspecified atom stereocenters. The molecule has 3 atom stereocenters. The molecule has 0 heterocycles. The molecule has 0 saturated heterocycles. The van der Waals surface area contributed by atoms with E-state index in [9.17, 15) is 4.79 Å². The van der Waals surface area contributed by atoms with Gasteiger partial charge in [0.25, 0.3) is 0 Å². The zero-order chi connectivity index (χ0) is 16.6. The Kier molecular flexibility index (Phi) is 6.33. The van der Waals surface area contributed by atoms with Crippen LogP contribution in [0.2, 0.25) is 0 Å². The van der Waals surface area contributed by atoms with Gasteiger partial charge in [-0.15, -0.1) is 12.4 Å². The Morgan fingerprint density at radius 2 is 1.83 bits per heavy atom. The number of nitrogens with two attached hydrogens (primary N) is 1. The van der Waals surface area contributed by atoms with Crippen molar-refractivity contribution >= 4 is 18.3 Å². The maximum atomic E-state index is 12.8. The van der Waals surface area contributed by atoms with E-state index in [-0.39, 0.29) is 30.3 Å². The van der Waals surface area contributed by atoms with E-state index in [4.69, 9.17) is 5.73 Å². The highest BCUT2D eigenvalue weighted by Crippen LogP contribution is 2.42. The Bertz CT molecular complexity index is 575. The Morgan fingerprint density at radius 1 is 1.21 bits per heavy atom. The molecule has 1 aromatic carbocycles. The van der Waals surface area contributed by atoms with Crippen LogP contribution in [-0.2, 0) is 4.79 Å². The smallest absolute Gasteiger partial charge is 0.223 e. The molecule has 0 aromatic heterocycles. The van der Waals surface area contributed by atoms with Gasteiger partial charge in [0.2, 0.25) is 5.91 Å². The molecule has 0 spiro atoms. The highest BCUT2D eigenvalue weighted by molar-refractivity contribution is 5.85. The Hall–Kier alpha value is -1.06. The number of fused-ring (bicyclic) bond motifs is 2. The van der Waals surface area contributed by atoms with Crippen molar-refractivity contribution < 1.29 is 4.79 Å². The average molecular weight is 351 g/mol. The molecule has 3 N–H and O–H groups in total. The summed E-state index contributed by atoms with van der Waals surface area (Å²) < 4.78 is 0. The largest absolute Gasteiger partial charge is 0.349 e. The molecule has 3 nitrogen and oxygen atoms in total. The van der Waals surface area contributed by atoms with Gasteiger partial charge in [-0.3, -0.25) is 4.79 Å². The Balaban J connectivity index is 0.00000208. The minimum absolute atomic E-state index is 0. The van der Waals surface area contributed by atoms with Crippen molar-refractivity contribution in [1.82, 2.24) is 5.32 Å². The number of rotatable bonds is 3. The summed E-state index contributed by atoms with van der Waals surface area (Å²) in [6, 6.07) is 6.71. The summed E-state index contributed by atoms with van der Waals surface area (Å²) in [5.41, 5.74) is 10.1. The van der Waals surface area contributed by atoms with Crippen LogP contribution in [0.4, 0.5) is 0 Å². The van der Waals surface area contributed by atoms with Gasteiger partial charge in [-0.25, -0.2) is 0 Å². The van der Waals surface area contributed by atoms with Crippen molar-refractivity contribution in [2.24, 2.45) is 23.5 Å². The van der Waals surface area contributed by atoms with Gasteiger partial charge in [0.15, 0.2) is 0 Å². The molecule has 4 heteroatoms. The molecular weight excluding hydrogens is 320 g/mol. The first-order valence-electron chi connectivity index (χ1n) is 9.09. The van der Waals surface area contributed by atoms with E-state index in [1.165, 1.54) is 36.0 Å². The maximum absolute atomic E-state index is 12.8. The van der Waals surface area contributed by atoms with E-state index >= 15 is 0 Å². The predicted molar refractivity (Wildman–Crippen MR) is 101 cm³/mol. The van der Waals surface area contributed by atoms with Crippen LogP contribution < -0.4 is 11.1 Å². The number of hydrogen-bond acceptors (Lipinski definition) is 2. The number of nitrogens with one attached hydrogen (secondary N) is 1. The first-order valence-corrected chi connectivity index (χ1v) is 9.09. The third-order valence-corrected chi connectivity index (χ3v) is 6.26. The lowest BCUT2D eigenvalue weighted by Gasteiger charge is -2.43. The van der Waals surface area contributed by atoms with Crippen LogP contribution in [0.15, 0.2) is 18.2 Å². The van der Waals surface area contributed by atoms with E-state index < -0.39 is 0 Å². The van der Waals surface area contributed by atoms with Crippen LogP contribution in [0, 0.1) is 31.6 Å². The SMILES string of the molecule is Cc1cccc(C(C)NC(=O)C2CC3CCCC(C2)C3N)c1C.Cl. The summed E-state index contributed by atoms with van der Waals surface area (Å²) in [5.74, 6) is 1.48. The van der Waals surface area contributed by atoms with Crippen molar-refractivity contribution in [3.8, 4) is 0 Å². The van der Waals surface area contributed by atoms with Gasteiger partial charge >= 0.3 is 0 Å². The number of aryl methyl sites for hydroxylation is 1. The lowest BCUT2D eigenvalue weighted by atomic mass is 9.65. The summed E-state index contributed by atoms with van der Waals surface area (Å²) >= 11 is 0. The third kappa shape index (κ3) is 3.78. The van der Waals surface area contributed by atoms with Crippen molar-refractivity contribution in [2.45, 2.75) is 65.0 Å². The molecular formula is C20H31ClN2O. The summed E-state index contributed by atoms with van der Waals surface area (Å²) in [6.07, 6.45) is 5.64. The number of carbonyl (C=O) groups excluding carboxylic acids is 1. The first kappa shape index (κ1) is 19.3. The number of carbonyl (C=O) groups is 1. The van der Waals surface area contributed by atoms with Crippen molar-refractivity contribution in [2.75, 3.05) is 0 Å². The monoisotopic (exact) mass is 350 g/mol. The van der Waals surface area contributed by atoms with E-state index in [2.05, 4.69) is 44.3 Å². The second-order valence-electron chi connectivity index (χ2n) is 7.72. The normalized spacial score (nSPS) is 30.2. The zero-order valence-electron chi connectivity index (χ0n) is 15.0. The van der Waals surface area contributed by atoms with E-state index in [1.54, 1.807) is 0 Å². The molecule has 2 fully saturated rings. The van der Waals surface area contributed by atoms with E-state index in [0.717, 1.165) is 12.8 Å². The average Bonchev–Trinajstić information content (AvgIpc) is 2.49. The third-order valence-electron chi connectivity index (χ3n) is 6.26. The van der Waals surface area contributed by atoms with Crippen molar-refractivity contribution in [1.29, 1.82) is 0 Å². The van der Waals surface area contributed by atoms with Gasteiger partial charge in [-0.1, -0.05) is 24.6 Å². The fraction of sp³-hybridized carbons (Fsp3) is 0.650. The Morgan fingerprint density at radius 3 is 2.46 bits per heavy atom. The highest BCUT2D eigenvalue weighted by Gasteiger charge is 2.40. The van der Waals surface area contributed by atoms with Crippen LogP contribution >= 0.6 is 12.4 Å². The maximum Gasteiger partial charge on any atom is 0.223 e. The summed E-state index contributed by atoms with van der Waals surface area (Å²) in [7, 11) is 0. The van der Waals surface area contributed by atoms with Gasteiger partial charge in [-0.2, -0.15) is 0 Å². The van der Waals surface area contributed by atoms with Crippen LogP contribution in [-0.4, -0.2) is 11.9 Å². The molecule has 134 valence electrons. The van der Waals surface area contributed by atoms with Gasteiger partial charge < -0.3 is 11.1 Å². The van der Waals surface area contributed by atoms with Crippen molar-refractivity contribution in [3.63, 3.8) is 0 Å². The zero-order valence-corrected chi connectivity index (χ0v) is 15.9. The number of benzene rings is 1. The minimum Gasteiger partial charge on any atom is -0.349 e. The molecule has 3 rings (SSSR count). The highest BCUT2D eigenvalue weighted by atomic mass is 35.5. The fourth-order valence-electron chi connectivity index (χ4n) is 4.66. The van der Waals surface area contributed by atoms with E-state index in [0.29, 0.717) is 17.9 Å². The molecule has 2 saturated carbocycles. The second-order valence-corrected chi connectivity index (χ2v) is 7.72. The molecule has 1 amide bonds. The van der Waals surface area contributed by atoms with Gasteiger partial charge in [0, 0.05) is 12.0 Å². The van der Waals surface area contributed by atoms with Crippen LogP contribution in [0.3, 0.4) is 0 Å². The number of hydrogen-bond donors (Lipinski definition) is 2. The first-order chi connectivity index (χ1) is 11.0. The predicted octanol–water partition coefficient (Wildman–Crippen LogP) is 4.06. The lowest BCUT2D eigenvalue weighted by Crippen LogP contribution is -2.49. The lowest BCUT2D eigenvalue weighted by molar-refractivity contribution is -0.128. The van der Waals surface area contributed by atoms with Crippen molar-refractivity contribution in [3.05, 3.63) is 34.9 Å². The van der Waals surface area contributed by atoms with Gasteiger partial charge in [-0.05, 0) is 75.0 Å². The Labute approximate surface area is 152 Å². The topological polar surface area (TPSA) is 55.1 Å². The summed E-state index contributed by atoms with van der Waals surface area (Å²) in [4.78, 5) is 12.8. The summed E-state index contributed by atoms with van der Waals surface area (Å²) in [5, 5.41) is 3.26. The molecule has 1 aromatic rings. The molecule has 0 aliphatic heterocycles. The van der Waals surface area contributed by atoms with Crippen LogP contribution in [0.25, 0.3) is 0 Å². The quantitative estimate of drug-likeness (QED) is 0.863. The molecule has 2 aliphatic carbocycles. The second kappa shape index (κ2) is 7.88. The standard InChI is InChI=1S/C20H30N2O.ClH/c1-12-6-4-9-18(13(12)2)14(3)22-20(23)17-10-15-7-5-8-16(11-17)19(15)21;/h4,6,9,14-17,19H,5,7-8,10-11,21H2,1-3H3,(H,22,23);1H.